The molecule has 0 aliphatic rings. The number of aromatic nitrogens is 3. The average Bonchev–Trinajstić information content (AvgIpc) is 3.35. The molecule has 3 aromatic heterocycles. The van der Waals surface area contributed by atoms with E-state index in [0.29, 0.717) is 24.4 Å². The number of hydrogen-bond acceptors (Lipinski definition) is 6. The predicted octanol–water partition coefficient (Wildman–Crippen LogP) is 2.27. The van der Waals surface area contributed by atoms with Gasteiger partial charge in [0.15, 0.2) is 21.2 Å². The molecule has 8 nitrogen and oxygen atoms in total. The Morgan fingerprint density at radius 1 is 1.03 bits per heavy atom. The molecule has 0 aliphatic carbocycles. The van der Waals surface area contributed by atoms with E-state index in [1.807, 2.05) is 28.8 Å². The van der Waals surface area contributed by atoms with Gasteiger partial charge >= 0.3 is 0 Å². The number of benzene rings is 1. The van der Waals surface area contributed by atoms with Crippen LogP contribution in [0.2, 0.25) is 0 Å². The van der Waals surface area contributed by atoms with Crippen LogP contribution in [0.5, 0.6) is 0 Å². The molecule has 0 bridgehead atoms. The Labute approximate surface area is 167 Å². The number of nitrogens with one attached hydrogen (secondary N) is 1. The first-order valence-corrected chi connectivity index (χ1v) is 10.6. The monoisotopic (exact) mass is 410 g/mol. The molecule has 4 aromatic rings. The van der Waals surface area contributed by atoms with Gasteiger partial charge in [0.05, 0.1) is 16.9 Å². The molecule has 4 rings (SSSR count). The first-order valence-electron chi connectivity index (χ1n) is 8.95. The quantitative estimate of drug-likeness (QED) is 0.501. The highest BCUT2D eigenvalue weighted by atomic mass is 32.2. The SMILES string of the molecule is O=C(NCCc1nnc2ccccn12)c1occc1CS(=O)(=O)c1ccccc1. The number of hydrogen-bond donors (Lipinski definition) is 1. The summed E-state index contributed by atoms with van der Waals surface area (Å²) in [4.78, 5) is 12.7. The molecule has 0 saturated heterocycles. The van der Waals surface area contributed by atoms with Crippen LogP contribution in [0.15, 0.2) is 76.4 Å². The lowest BCUT2D eigenvalue weighted by atomic mass is 10.2. The Kier molecular flexibility index (Phi) is 5.13. The van der Waals surface area contributed by atoms with Crippen molar-refractivity contribution in [3.05, 3.63) is 84.2 Å². The Bertz CT molecular complexity index is 1250. The third-order valence-electron chi connectivity index (χ3n) is 4.42. The van der Waals surface area contributed by atoms with Crippen molar-refractivity contribution in [1.82, 2.24) is 19.9 Å². The van der Waals surface area contributed by atoms with Crippen LogP contribution in [-0.2, 0) is 22.0 Å². The summed E-state index contributed by atoms with van der Waals surface area (Å²) in [6.07, 6.45) is 3.64. The molecule has 1 N–H and O–H groups in total. The summed E-state index contributed by atoms with van der Waals surface area (Å²) < 4.78 is 32.3. The third kappa shape index (κ3) is 4.04. The van der Waals surface area contributed by atoms with E-state index in [2.05, 4.69) is 15.5 Å². The number of pyridine rings is 1. The van der Waals surface area contributed by atoms with E-state index in [1.165, 1.54) is 24.5 Å². The van der Waals surface area contributed by atoms with Crippen LogP contribution >= 0.6 is 0 Å². The van der Waals surface area contributed by atoms with Crippen molar-refractivity contribution in [3.63, 3.8) is 0 Å². The van der Waals surface area contributed by atoms with Crippen molar-refractivity contribution >= 4 is 21.4 Å². The van der Waals surface area contributed by atoms with Gasteiger partial charge in [0.2, 0.25) is 0 Å². The predicted molar refractivity (Wildman–Crippen MR) is 105 cm³/mol. The zero-order chi connectivity index (χ0) is 20.3. The van der Waals surface area contributed by atoms with E-state index in [0.717, 1.165) is 5.65 Å². The molecule has 9 heteroatoms. The molecule has 3 heterocycles. The van der Waals surface area contributed by atoms with Crippen molar-refractivity contribution in [2.45, 2.75) is 17.1 Å². The molecule has 1 aromatic carbocycles. The normalized spacial score (nSPS) is 11.6. The van der Waals surface area contributed by atoms with Crippen LogP contribution < -0.4 is 5.32 Å². The molecular weight excluding hydrogens is 392 g/mol. The van der Waals surface area contributed by atoms with Gasteiger partial charge in [0, 0.05) is 24.7 Å². The van der Waals surface area contributed by atoms with Crippen molar-refractivity contribution in [3.8, 4) is 0 Å². The Morgan fingerprint density at radius 3 is 2.66 bits per heavy atom. The topological polar surface area (TPSA) is 107 Å². The maximum Gasteiger partial charge on any atom is 0.287 e. The zero-order valence-corrected chi connectivity index (χ0v) is 16.2. The largest absolute Gasteiger partial charge is 0.459 e. The molecule has 148 valence electrons. The van der Waals surface area contributed by atoms with E-state index in [1.54, 1.807) is 18.2 Å². The van der Waals surface area contributed by atoms with Crippen molar-refractivity contribution in [2.24, 2.45) is 0 Å². The summed E-state index contributed by atoms with van der Waals surface area (Å²) in [5.74, 6) is -0.0737. The molecular formula is C20H18N4O4S. The number of rotatable bonds is 7. The Hall–Kier alpha value is -3.46. The molecule has 29 heavy (non-hydrogen) atoms. The summed E-state index contributed by atoms with van der Waals surface area (Å²) in [7, 11) is -3.58. The summed E-state index contributed by atoms with van der Waals surface area (Å²) in [5, 5.41) is 10.9. The van der Waals surface area contributed by atoms with E-state index >= 15 is 0 Å². The van der Waals surface area contributed by atoms with Crippen molar-refractivity contribution < 1.29 is 17.6 Å². The van der Waals surface area contributed by atoms with Crippen LogP contribution in [0, 0.1) is 0 Å². The van der Waals surface area contributed by atoms with Gasteiger partial charge in [-0.25, -0.2) is 8.42 Å². The first-order chi connectivity index (χ1) is 14.0. The summed E-state index contributed by atoms with van der Waals surface area (Å²) in [6, 6.07) is 15.2. The van der Waals surface area contributed by atoms with Crippen molar-refractivity contribution in [1.29, 1.82) is 0 Å². The Balaban J connectivity index is 1.42. The first kappa shape index (κ1) is 18.9. The fourth-order valence-corrected chi connectivity index (χ4v) is 4.37. The smallest absolute Gasteiger partial charge is 0.287 e. The summed E-state index contributed by atoms with van der Waals surface area (Å²) in [6.45, 7) is 0.306. The highest BCUT2D eigenvalue weighted by Gasteiger charge is 2.22. The number of sulfone groups is 1. The second-order valence-electron chi connectivity index (χ2n) is 6.40. The number of fused-ring (bicyclic) bond motifs is 1. The molecule has 0 unspecified atom stereocenters. The van der Waals surface area contributed by atoms with Gasteiger partial charge in [0.25, 0.3) is 5.91 Å². The summed E-state index contributed by atoms with van der Waals surface area (Å²) in [5.41, 5.74) is 1.05. The van der Waals surface area contributed by atoms with Crippen molar-refractivity contribution in [2.75, 3.05) is 6.54 Å². The third-order valence-corrected chi connectivity index (χ3v) is 6.10. The minimum absolute atomic E-state index is 0.00407. The standard InChI is InChI=1S/C20H18N4O4S/c25-20(21-11-9-18-23-22-17-8-4-5-12-24(17)18)19-15(10-13-28-19)14-29(26,27)16-6-2-1-3-7-16/h1-8,10,12-13H,9,11,14H2,(H,21,25). The second kappa shape index (κ2) is 7.88. The lowest BCUT2D eigenvalue weighted by molar-refractivity contribution is 0.0925. The van der Waals surface area contributed by atoms with Crippen LogP contribution in [0.25, 0.3) is 5.65 Å². The van der Waals surface area contributed by atoms with E-state index in [-0.39, 0.29) is 16.4 Å². The molecule has 0 radical (unpaired) electrons. The average molecular weight is 410 g/mol. The van der Waals surface area contributed by atoms with Gasteiger partial charge in [-0.3, -0.25) is 9.20 Å². The molecule has 0 fully saturated rings. The zero-order valence-electron chi connectivity index (χ0n) is 15.4. The molecule has 0 saturated carbocycles. The lowest BCUT2D eigenvalue weighted by Crippen LogP contribution is -2.27. The number of amides is 1. The maximum absolute atomic E-state index is 12.6. The number of carbonyl (C=O) groups is 1. The van der Waals surface area contributed by atoms with Gasteiger partial charge in [-0.1, -0.05) is 24.3 Å². The van der Waals surface area contributed by atoms with E-state index in [4.69, 9.17) is 4.42 Å². The number of furan rings is 1. The van der Waals surface area contributed by atoms with Crippen LogP contribution in [0.1, 0.15) is 21.9 Å². The number of nitrogens with zero attached hydrogens (tertiary/aromatic N) is 3. The van der Waals surface area contributed by atoms with Gasteiger partial charge in [-0.2, -0.15) is 0 Å². The fraction of sp³-hybridized carbons (Fsp3) is 0.150. The van der Waals surface area contributed by atoms with Crippen LogP contribution in [0.4, 0.5) is 0 Å². The van der Waals surface area contributed by atoms with Gasteiger partial charge in [-0.15, -0.1) is 10.2 Å². The maximum atomic E-state index is 12.6. The minimum Gasteiger partial charge on any atom is -0.459 e. The minimum atomic E-state index is -3.58. The van der Waals surface area contributed by atoms with E-state index in [9.17, 15) is 13.2 Å². The van der Waals surface area contributed by atoms with Gasteiger partial charge in [0.1, 0.15) is 5.82 Å². The summed E-state index contributed by atoms with van der Waals surface area (Å²) >= 11 is 0. The molecule has 1 amide bonds. The lowest BCUT2D eigenvalue weighted by Gasteiger charge is -2.06. The molecule has 0 atom stereocenters. The van der Waals surface area contributed by atoms with Gasteiger partial charge < -0.3 is 9.73 Å². The second-order valence-corrected chi connectivity index (χ2v) is 8.39. The van der Waals surface area contributed by atoms with Crippen LogP contribution in [-0.4, -0.2) is 35.5 Å². The fourth-order valence-electron chi connectivity index (χ4n) is 2.99. The van der Waals surface area contributed by atoms with Gasteiger partial charge in [-0.05, 0) is 30.3 Å². The Morgan fingerprint density at radius 2 is 1.83 bits per heavy atom. The highest BCUT2D eigenvalue weighted by molar-refractivity contribution is 7.90. The molecule has 0 aliphatic heterocycles. The highest BCUT2D eigenvalue weighted by Crippen LogP contribution is 2.20. The van der Waals surface area contributed by atoms with E-state index < -0.39 is 15.7 Å². The molecule has 0 spiro atoms. The number of carbonyl (C=O) groups excluding carboxylic acids is 1. The van der Waals surface area contributed by atoms with Crippen LogP contribution in [0.3, 0.4) is 0 Å².